The molecule has 1 N–H and O–H groups in total. The van der Waals surface area contributed by atoms with E-state index in [4.69, 9.17) is 0 Å². The molecule has 0 heterocycles. The zero-order valence-corrected chi connectivity index (χ0v) is 14.1. The van der Waals surface area contributed by atoms with Gasteiger partial charge in [0.2, 0.25) is 0 Å². The van der Waals surface area contributed by atoms with Gasteiger partial charge in [-0.1, -0.05) is 61.0 Å². The van der Waals surface area contributed by atoms with Crippen LogP contribution in [0.2, 0.25) is 0 Å². The van der Waals surface area contributed by atoms with Gasteiger partial charge in [0, 0.05) is 11.3 Å². The molecule has 4 heteroatoms. The van der Waals surface area contributed by atoms with Crippen LogP contribution in [-0.2, 0) is 6.42 Å². The number of rotatable bonds is 7. The van der Waals surface area contributed by atoms with Crippen LogP contribution < -0.4 is 5.32 Å². The summed E-state index contributed by atoms with van der Waals surface area (Å²) in [4.78, 5) is 22.5. The highest BCUT2D eigenvalue weighted by Crippen LogP contribution is 2.21. The van der Waals surface area contributed by atoms with Crippen LogP contribution in [0.15, 0.2) is 65.5 Å². The molecule has 0 aliphatic carbocycles. The quantitative estimate of drug-likeness (QED) is 0.751. The topological polar surface area (TPSA) is 58.5 Å². The van der Waals surface area contributed by atoms with Crippen molar-refractivity contribution in [1.82, 2.24) is 5.32 Å². The largest absolute Gasteiger partial charge is 0.324 e. The number of allylic oxidation sites excluding steroid dienone is 1. The molecule has 2 rings (SSSR count). The van der Waals surface area contributed by atoms with Crippen LogP contribution in [0.3, 0.4) is 0 Å². The maximum absolute atomic E-state index is 12.2. The molecule has 0 saturated carbocycles. The average molecular weight is 322 g/mol. The molecule has 2 aromatic carbocycles. The lowest BCUT2D eigenvalue weighted by molar-refractivity contribution is 0.0965. The summed E-state index contributed by atoms with van der Waals surface area (Å²) in [5, 5.41) is 5.49. The summed E-state index contributed by atoms with van der Waals surface area (Å²) in [5.74, 6) is -0.239. The third-order valence-corrected chi connectivity index (χ3v) is 3.83. The number of carbonyl (C=O) groups excluding carboxylic acids is 1. The van der Waals surface area contributed by atoms with Gasteiger partial charge in [0.1, 0.15) is 6.54 Å². The first-order valence-electron chi connectivity index (χ1n) is 8.13. The molecule has 0 atom stereocenters. The van der Waals surface area contributed by atoms with Crippen molar-refractivity contribution < 1.29 is 4.79 Å². The number of nitroso groups, excluding NO2 is 1. The van der Waals surface area contributed by atoms with E-state index < -0.39 is 0 Å². The van der Waals surface area contributed by atoms with Crippen molar-refractivity contribution in [2.75, 3.05) is 6.54 Å². The van der Waals surface area contributed by atoms with Gasteiger partial charge in [0.15, 0.2) is 0 Å². The maximum Gasteiger partial charge on any atom is 0.255 e. The second-order valence-corrected chi connectivity index (χ2v) is 5.58. The van der Waals surface area contributed by atoms with Gasteiger partial charge in [-0.25, -0.2) is 0 Å². The highest BCUT2D eigenvalue weighted by Gasteiger charge is 2.08. The lowest BCUT2D eigenvalue weighted by Crippen LogP contribution is -2.24. The molecule has 24 heavy (non-hydrogen) atoms. The van der Waals surface area contributed by atoms with Gasteiger partial charge in [-0.3, -0.25) is 4.79 Å². The summed E-state index contributed by atoms with van der Waals surface area (Å²) in [5.41, 5.74) is 4.58. The molecule has 0 aliphatic heterocycles. The van der Waals surface area contributed by atoms with Crippen molar-refractivity contribution in [3.8, 4) is 11.1 Å². The number of amides is 1. The summed E-state index contributed by atoms with van der Waals surface area (Å²) in [6.07, 6.45) is 3.89. The molecule has 4 nitrogen and oxygen atoms in total. The van der Waals surface area contributed by atoms with Gasteiger partial charge in [-0.2, -0.15) is 4.91 Å². The minimum atomic E-state index is -0.239. The molecule has 0 bridgehead atoms. The molecule has 0 spiro atoms. The number of hydrogen-bond acceptors (Lipinski definition) is 3. The first-order valence-corrected chi connectivity index (χ1v) is 8.13. The van der Waals surface area contributed by atoms with Gasteiger partial charge < -0.3 is 5.32 Å². The highest BCUT2D eigenvalue weighted by molar-refractivity contribution is 5.95. The Hall–Kier alpha value is -2.75. The molecular weight excluding hydrogens is 300 g/mol. The standard InChI is InChI=1S/C20H22N2O2/c1-3-5-15-6-8-16(9-7-15)17-10-12-18(13-11-17)20(23)22-19(4-2)14-21-24/h4,6-13H,3,5,14H2,1-2H3,(H,22,23). The van der Waals surface area contributed by atoms with E-state index in [-0.39, 0.29) is 12.5 Å². The van der Waals surface area contributed by atoms with E-state index in [2.05, 4.69) is 41.7 Å². The summed E-state index contributed by atoms with van der Waals surface area (Å²) in [6.45, 7) is 3.89. The summed E-state index contributed by atoms with van der Waals surface area (Å²) < 4.78 is 0. The molecule has 1 amide bonds. The number of benzene rings is 2. The van der Waals surface area contributed by atoms with Crippen LogP contribution >= 0.6 is 0 Å². The van der Waals surface area contributed by atoms with E-state index in [0.717, 1.165) is 24.0 Å². The smallest absolute Gasteiger partial charge is 0.255 e. The van der Waals surface area contributed by atoms with Crippen molar-refractivity contribution in [3.05, 3.63) is 76.3 Å². The Morgan fingerprint density at radius 1 is 1.04 bits per heavy atom. The number of carbonyl (C=O) groups is 1. The molecule has 0 radical (unpaired) electrons. The average Bonchev–Trinajstić information content (AvgIpc) is 2.62. The predicted octanol–water partition coefficient (Wildman–Crippen LogP) is 4.71. The molecule has 0 aromatic heterocycles. The molecule has 124 valence electrons. The Labute approximate surface area is 142 Å². The first kappa shape index (κ1) is 17.6. The fraction of sp³-hybridized carbons (Fsp3) is 0.250. The van der Waals surface area contributed by atoms with Gasteiger partial charge in [0.05, 0.1) is 0 Å². The van der Waals surface area contributed by atoms with Crippen LogP contribution in [0.5, 0.6) is 0 Å². The van der Waals surface area contributed by atoms with Crippen molar-refractivity contribution in [3.63, 3.8) is 0 Å². The number of nitrogens with one attached hydrogen (secondary N) is 1. The minimum absolute atomic E-state index is 0.0373. The second-order valence-electron chi connectivity index (χ2n) is 5.58. The van der Waals surface area contributed by atoms with Gasteiger partial charge in [-0.15, -0.1) is 0 Å². The van der Waals surface area contributed by atoms with E-state index >= 15 is 0 Å². The summed E-state index contributed by atoms with van der Waals surface area (Å²) >= 11 is 0. The predicted molar refractivity (Wildman–Crippen MR) is 97.8 cm³/mol. The molecule has 0 unspecified atom stereocenters. The Balaban J connectivity index is 2.09. The van der Waals surface area contributed by atoms with Gasteiger partial charge in [0.25, 0.3) is 5.91 Å². The van der Waals surface area contributed by atoms with Crippen molar-refractivity contribution in [1.29, 1.82) is 0 Å². The zero-order chi connectivity index (χ0) is 17.4. The fourth-order valence-corrected chi connectivity index (χ4v) is 2.46. The van der Waals surface area contributed by atoms with Crippen molar-refractivity contribution in [2.45, 2.75) is 26.7 Å². The lowest BCUT2D eigenvalue weighted by Gasteiger charge is -2.08. The Morgan fingerprint density at radius 3 is 2.12 bits per heavy atom. The molecule has 0 saturated heterocycles. The van der Waals surface area contributed by atoms with E-state index in [1.807, 2.05) is 12.1 Å². The van der Waals surface area contributed by atoms with Gasteiger partial charge in [-0.05, 0) is 42.2 Å². The zero-order valence-electron chi connectivity index (χ0n) is 14.1. The van der Waals surface area contributed by atoms with Crippen LogP contribution in [0.4, 0.5) is 0 Å². The van der Waals surface area contributed by atoms with E-state index in [1.54, 1.807) is 25.1 Å². The monoisotopic (exact) mass is 322 g/mol. The number of nitrogens with zero attached hydrogens (tertiary/aromatic N) is 1. The molecular formula is C20H22N2O2. The maximum atomic E-state index is 12.2. The second kappa shape index (κ2) is 8.77. The number of hydrogen-bond donors (Lipinski definition) is 1. The van der Waals surface area contributed by atoms with E-state index in [0.29, 0.717) is 11.3 Å². The third-order valence-electron chi connectivity index (χ3n) is 3.83. The normalized spacial score (nSPS) is 11.2. The third kappa shape index (κ3) is 4.62. The molecule has 0 fully saturated rings. The van der Waals surface area contributed by atoms with Crippen LogP contribution in [-0.4, -0.2) is 12.5 Å². The summed E-state index contributed by atoms with van der Waals surface area (Å²) in [7, 11) is 0. The van der Waals surface area contributed by atoms with E-state index in [1.165, 1.54) is 5.56 Å². The lowest BCUT2D eigenvalue weighted by atomic mass is 10.0. The first-order chi connectivity index (χ1) is 11.7. The fourth-order valence-electron chi connectivity index (χ4n) is 2.46. The molecule has 2 aromatic rings. The highest BCUT2D eigenvalue weighted by atomic mass is 16.3. The Kier molecular flexibility index (Phi) is 6.43. The van der Waals surface area contributed by atoms with Crippen LogP contribution in [0.1, 0.15) is 36.2 Å². The van der Waals surface area contributed by atoms with Crippen LogP contribution in [0.25, 0.3) is 11.1 Å². The van der Waals surface area contributed by atoms with Crippen molar-refractivity contribution >= 4 is 5.91 Å². The Morgan fingerprint density at radius 2 is 1.62 bits per heavy atom. The van der Waals surface area contributed by atoms with Gasteiger partial charge >= 0.3 is 0 Å². The van der Waals surface area contributed by atoms with Crippen LogP contribution in [0, 0.1) is 4.91 Å². The van der Waals surface area contributed by atoms with E-state index in [9.17, 15) is 9.70 Å². The number of aryl methyl sites for hydroxylation is 1. The van der Waals surface area contributed by atoms with Crippen molar-refractivity contribution in [2.24, 2.45) is 5.18 Å². The summed E-state index contributed by atoms with van der Waals surface area (Å²) in [6, 6.07) is 15.9. The SMILES string of the molecule is CC=C(CN=O)NC(=O)c1ccc(-c2ccc(CCC)cc2)cc1. The minimum Gasteiger partial charge on any atom is -0.324 e. The Bertz CT molecular complexity index is 716. The molecule has 0 aliphatic rings.